The van der Waals surface area contributed by atoms with Crippen molar-refractivity contribution in [3.05, 3.63) is 47.3 Å². The van der Waals surface area contributed by atoms with Gasteiger partial charge in [-0.25, -0.2) is 0 Å². The van der Waals surface area contributed by atoms with E-state index in [0.29, 0.717) is 5.75 Å². The number of aryl methyl sites for hydroxylation is 1. The Morgan fingerprint density at radius 2 is 2.19 bits per heavy atom. The fourth-order valence-electron chi connectivity index (χ4n) is 2.03. The van der Waals surface area contributed by atoms with Gasteiger partial charge >= 0.3 is 0 Å². The fourth-order valence-corrected chi connectivity index (χ4v) is 3.37. The van der Waals surface area contributed by atoms with E-state index in [1.165, 1.54) is 17.3 Å². The van der Waals surface area contributed by atoms with Crippen molar-refractivity contribution in [1.29, 1.82) is 0 Å². The largest absolute Gasteiger partial charge is 0.269 e. The molecule has 1 aromatic carbocycles. The van der Waals surface area contributed by atoms with Crippen LogP contribution in [0.1, 0.15) is 5.56 Å². The van der Waals surface area contributed by atoms with Gasteiger partial charge in [0.05, 0.1) is 16.3 Å². The molecule has 0 fully saturated rings. The lowest BCUT2D eigenvalue weighted by molar-refractivity contribution is 0.887. The summed E-state index contributed by atoms with van der Waals surface area (Å²) in [6.07, 6.45) is 5.36. The molecule has 0 aliphatic rings. The van der Waals surface area contributed by atoms with Crippen LogP contribution in [0.2, 0.25) is 0 Å². The Balaban J connectivity index is 2.15. The van der Waals surface area contributed by atoms with Crippen LogP contribution in [0.15, 0.2) is 46.9 Å². The van der Waals surface area contributed by atoms with E-state index in [9.17, 15) is 0 Å². The van der Waals surface area contributed by atoms with Gasteiger partial charge < -0.3 is 0 Å². The fraction of sp³-hybridized carbons (Fsp3) is 0.125. The molecule has 3 nitrogen and oxygen atoms in total. The molecule has 0 N–H and O–H groups in total. The Bertz CT molecular complexity index is 782. The van der Waals surface area contributed by atoms with Gasteiger partial charge in [-0.2, -0.15) is 0 Å². The van der Waals surface area contributed by atoms with Crippen molar-refractivity contribution in [3.63, 3.8) is 0 Å². The number of hydrogen-bond donors (Lipinski definition) is 0. The average molecular weight is 311 g/mol. The Morgan fingerprint density at radius 3 is 2.90 bits per heavy atom. The van der Waals surface area contributed by atoms with Crippen molar-refractivity contribution in [3.8, 4) is 28.7 Å². The van der Waals surface area contributed by atoms with Crippen molar-refractivity contribution in [2.75, 3.05) is 5.75 Å². The second-order valence-electron chi connectivity index (χ2n) is 4.45. The summed E-state index contributed by atoms with van der Waals surface area (Å²) >= 11 is 3.18. The first-order valence-electron chi connectivity index (χ1n) is 6.42. The smallest absolute Gasteiger partial charge is 0.197 e. The summed E-state index contributed by atoms with van der Waals surface area (Å²) in [4.78, 5) is 1.09. The van der Waals surface area contributed by atoms with E-state index in [1.54, 1.807) is 11.3 Å². The molecule has 0 saturated heterocycles. The van der Waals surface area contributed by atoms with Crippen LogP contribution in [0.4, 0.5) is 0 Å². The van der Waals surface area contributed by atoms with Gasteiger partial charge in [-0.1, -0.05) is 35.9 Å². The van der Waals surface area contributed by atoms with Crippen LogP contribution in [0.25, 0.3) is 16.4 Å². The summed E-state index contributed by atoms with van der Waals surface area (Å²) in [5.41, 5.74) is 2.26. The predicted octanol–water partition coefficient (Wildman–Crippen LogP) is 4.03. The quantitative estimate of drug-likeness (QED) is 0.538. The van der Waals surface area contributed by atoms with Gasteiger partial charge in [0.25, 0.3) is 0 Å². The van der Waals surface area contributed by atoms with Gasteiger partial charge in [0, 0.05) is 0 Å². The lowest BCUT2D eigenvalue weighted by atomic mass is 10.2. The van der Waals surface area contributed by atoms with E-state index in [-0.39, 0.29) is 0 Å². The first-order valence-corrected chi connectivity index (χ1v) is 8.28. The molecule has 0 amide bonds. The van der Waals surface area contributed by atoms with E-state index in [2.05, 4.69) is 51.9 Å². The molecule has 21 heavy (non-hydrogen) atoms. The summed E-state index contributed by atoms with van der Waals surface area (Å²) in [6.45, 7) is 2.08. The average Bonchev–Trinajstić information content (AvgIpc) is 3.14. The van der Waals surface area contributed by atoms with Crippen LogP contribution in [-0.2, 0) is 0 Å². The van der Waals surface area contributed by atoms with Crippen LogP contribution in [0, 0.1) is 19.3 Å². The summed E-state index contributed by atoms with van der Waals surface area (Å²) < 4.78 is 2.07. The molecule has 0 spiro atoms. The van der Waals surface area contributed by atoms with Crippen LogP contribution >= 0.6 is 23.1 Å². The molecule has 3 rings (SSSR count). The number of nitrogens with zero attached hydrogens (tertiary/aromatic N) is 3. The van der Waals surface area contributed by atoms with E-state index < -0.39 is 0 Å². The van der Waals surface area contributed by atoms with Gasteiger partial charge in [-0.3, -0.25) is 4.57 Å². The number of hydrogen-bond acceptors (Lipinski definition) is 4. The summed E-state index contributed by atoms with van der Waals surface area (Å²) in [5, 5.41) is 11.5. The third-order valence-corrected chi connectivity index (χ3v) is 4.62. The second-order valence-corrected chi connectivity index (χ2v) is 6.34. The van der Waals surface area contributed by atoms with E-state index in [1.807, 2.05) is 17.5 Å². The topological polar surface area (TPSA) is 30.7 Å². The molecule has 2 heterocycles. The van der Waals surface area contributed by atoms with Crippen molar-refractivity contribution in [1.82, 2.24) is 14.8 Å². The van der Waals surface area contributed by atoms with Crippen LogP contribution < -0.4 is 0 Å². The Labute approximate surface area is 132 Å². The van der Waals surface area contributed by atoms with Crippen molar-refractivity contribution < 1.29 is 0 Å². The molecule has 5 heteroatoms. The molecular weight excluding hydrogens is 298 g/mol. The molecule has 0 unspecified atom stereocenters. The molecule has 0 saturated carbocycles. The maximum absolute atomic E-state index is 5.36. The first-order chi connectivity index (χ1) is 10.3. The maximum atomic E-state index is 5.36. The minimum Gasteiger partial charge on any atom is -0.269 e. The normalized spacial score (nSPS) is 10.5. The highest BCUT2D eigenvalue weighted by Crippen LogP contribution is 2.30. The number of aromatic nitrogens is 3. The van der Waals surface area contributed by atoms with Gasteiger partial charge in [0.2, 0.25) is 0 Å². The molecule has 3 aromatic rings. The predicted molar refractivity (Wildman–Crippen MR) is 89.0 cm³/mol. The molecule has 0 aliphatic heterocycles. The van der Waals surface area contributed by atoms with Crippen LogP contribution in [0.3, 0.4) is 0 Å². The number of rotatable bonds is 4. The molecule has 2 aromatic heterocycles. The van der Waals surface area contributed by atoms with Crippen LogP contribution in [-0.4, -0.2) is 20.5 Å². The highest BCUT2D eigenvalue weighted by atomic mass is 32.2. The standard InChI is InChI=1S/C16H13N3S2/c1-3-9-21-16-18-17-15(14-8-5-10-20-14)19(16)13-7-4-6-12(2)11-13/h1,4-8,10-11H,9H2,2H3. The first kappa shape index (κ1) is 13.9. The number of thiophene rings is 1. The van der Waals surface area contributed by atoms with Gasteiger partial charge in [-0.05, 0) is 36.1 Å². The Morgan fingerprint density at radius 1 is 1.29 bits per heavy atom. The molecule has 104 valence electrons. The van der Waals surface area contributed by atoms with Gasteiger partial charge in [0.1, 0.15) is 0 Å². The minimum absolute atomic E-state index is 0.578. The zero-order valence-electron chi connectivity index (χ0n) is 11.5. The molecule has 0 bridgehead atoms. The Hall–Kier alpha value is -2.03. The SMILES string of the molecule is C#CCSc1nnc(-c2cccs2)n1-c1cccc(C)c1. The maximum Gasteiger partial charge on any atom is 0.197 e. The summed E-state index contributed by atoms with van der Waals surface area (Å²) in [6, 6.07) is 12.4. The molecule has 0 atom stereocenters. The number of terminal acetylenes is 1. The summed E-state index contributed by atoms with van der Waals surface area (Å²) in [7, 11) is 0. The van der Waals surface area contributed by atoms with E-state index in [4.69, 9.17) is 6.42 Å². The molecule has 0 radical (unpaired) electrons. The lowest BCUT2D eigenvalue weighted by Crippen LogP contribution is -1.99. The minimum atomic E-state index is 0.578. The number of benzene rings is 1. The van der Waals surface area contributed by atoms with Crippen molar-refractivity contribution in [2.24, 2.45) is 0 Å². The third kappa shape index (κ3) is 2.87. The van der Waals surface area contributed by atoms with Gasteiger partial charge in [0.15, 0.2) is 11.0 Å². The van der Waals surface area contributed by atoms with Gasteiger partial charge in [-0.15, -0.1) is 28.0 Å². The Kier molecular flexibility index (Phi) is 4.09. The summed E-state index contributed by atoms with van der Waals surface area (Å²) in [5.74, 6) is 4.07. The van der Waals surface area contributed by atoms with Crippen LogP contribution in [0.5, 0.6) is 0 Å². The highest BCUT2D eigenvalue weighted by molar-refractivity contribution is 7.99. The molecular formula is C16H13N3S2. The highest BCUT2D eigenvalue weighted by Gasteiger charge is 2.16. The van der Waals surface area contributed by atoms with E-state index >= 15 is 0 Å². The third-order valence-electron chi connectivity index (χ3n) is 2.92. The number of thioether (sulfide) groups is 1. The zero-order valence-corrected chi connectivity index (χ0v) is 13.1. The van der Waals surface area contributed by atoms with Crippen molar-refractivity contribution in [2.45, 2.75) is 12.1 Å². The van der Waals surface area contributed by atoms with E-state index in [0.717, 1.165) is 21.5 Å². The monoisotopic (exact) mass is 311 g/mol. The lowest BCUT2D eigenvalue weighted by Gasteiger charge is -2.09. The second kappa shape index (κ2) is 6.17. The zero-order chi connectivity index (χ0) is 14.7. The molecule has 0 aliphatic carbocycles. The van der Waals surface area contributed by atoms with Crippen molar-refractivity contribution >= 4 is 23.1 Å².